The van der Waals surface area contributed by atoms with E-state index in [-0.39, 0.29) is 25.2 Å². The van der Waals surface area contributed by atoms with E-state index in [0.29, 0.717) is 19.4 Å². The van der Waals surface area contributed by atoms with Crippen LogP contribution in [0.3, 0.4) is 0 Å². The van der Waals surface area contributed by atoms with E-state index in [1.807, 2.05) is 0 Å². The molecule has 0 aromatic rings. The first-order chi connectivity index (χ1) is 32.6. The number of hydrogen-bond donors (Lipinski definition) is 0. The summed E-state index contributed by atoms with van der Waals surface area (Å²) in [7, 11) is 0. The molecule has 0 spiro atoms. The number of unbranched alkanes of at least 4 members (excludes halogenated alkanes) is 35. The number of carbonyl (C=O) groups excluding carboxylic acids is 2. The molecule has 0 aliphatic carbocycles. The standard InChI is InChI=1S/C61H112O5/c1-4-7-10-13-16-19-22-25-28-31-33-36-39-42-45-48-51-54-60(62)65-57-59(64-56-53-50-47-44-41-38-35-30-27-24-21-18-15-12-9-6-3)58-66-61(63)55-52-49-46-43-40-37-34-32-29-26-23-20-17-14-11-8-5-2/h25-26,28-29,33,36,42,45,59H,4-24,27,30-32,34-35,37-41,43-44,46-58H2,1-3H3/b28-25-,29-26-,36-33-,45-42-/t59-/m1/s1. The molecule has 0 heterocycles. The van der Waals surface area contributed by atoms with Crippen LogP contribution in [0.2, 0.25) is 0 Å². The van der Waals surface area contributed by atoms with Gasteiger partial charge in [-0.2, -0.15) is 0 Å². The van der Waals surface area contributed by atoms with E-state index in [1.165, 1.54) is 218 Å². The van der Waals surface area contributed by atoms with Crippen molar-refractivity contribution in [3.8, 4) is 0 Å². The van der Waals surface area contributed by atoms with Gasteiger partial charge in [-0.1, -0.05) is 262 Å². The lowest BCUT2D eigenvalue weighted by Gasteiger charge is -2.18. The highest BCUT2D eigenvalue weighted by Crippen LogP contribution is 2.16. The smallest absolute Gasteiger partial charge is 0.305 e. The molecule has 0 aromatic carbocycles. The Balaban J connectivity index is 4.31. The summed E-state index contributed by atoms with van der Waals surface area (Å²) in [6.45, 7) is 7.71. The highest BCUT2D eigenvalue weighted by atomic mass is 16.6. The van der Waals surface area contributed by atoms with Crippen molar-refractivity contribution in [1.29, 1.82) is 0 Å². The minimum absolute atomic E-state index is 0.133. The second-order valence-electron chi connectivity index (χ2n) is 19.5. The van der Waals surface area contributed by atoms with E-state index in [1.54, 1.807) is 0 Å². The monoisotopic (exact) mass is 925 g/mol. The number of ether oxygens (including phenoxy) is 3. The van der Waals surface area contributed by atoms with Gasteiger partial charge in [0.1, 0.15) is 19.3 Å². The number of esters is 2. The summed E-state index contributed by atoms with van der Waals surface area (Å²) in [4.78, 5) is 25.3. The first-order valence-corrected chi connectivity index (χ1v) is 29.2. The molecular weight excluding hydrogens is 813 g/mol. The highest BCUT2D eigenvalue weighted by Gasteiger charge is 2.16. The number of carbonyl (C=O) groups is 2. The zero-order valence-electron chi connectivity index (χ0n) is 44.5. The molecular formula is C61H112O5. The van der Waals surface area contributed by atoms with Crippen LogP contribution < -0.4 is 0 Å². The third kappa shape index (κ3) is 54.5. The first kappa shape index (κ1) is 63.9. The second-order valence-corrected chi connectivity index (χ2v) is 19.5. The van der Waals surface area contributed by atoms with Gasteiger partial charge in [0.15, 0.2) is 0 Å². The Kier molecular flexibility index (Phi) is 55.3. The number of allylic oxidation sites excluding steroid dienone is 8. The molecule has 386 valence electrons. The summed E-state index contributed by atoms with van der Waals surface area (Å²) in [6.07, 6.45) is 71.6. The van der Waals surface area contributed by atoms with Crippen LogP contribution in [0.5, 0.6) is 0 Å². The van der Waals surface area contributed by atoms with Crippen LogP contribution in [-0.4, -0.2) is 37.9 Å². The van der Waals surface area contributed by atoms with E-state index >= 15 is 0 Å². The van der Waals surface area contributed by atoms with E-state index < -0.39 is 6.10 Å². The Morgan fingerprint density at radius 1 is 0.318 bits per heavy atom. The Morgan fingerprint density at radius 2 is 0.591 bits per heavy atom. The summed E-state index contributed by atoms with van der Waals surface area (Å²) in [5, 5.41) is 0. The third-order valence-electron chi connectivity index (χ3n) is 12.9. The first-order valence-electron chi connectivity index (χ1n) is 29.2. The molecule has 0 aliphatic heterocycles. The van der Waals surface area contributed by atoms with Crippen molar-refractivity contribution >= 4 is 11.9 Å². The van der Waals surface area contributed by atoms with Gasteiger partial charge in [0.05, 0.1) is 0 Å². The molecule has 0 radical (unpaired) electrons. The topological polar surface area (TPSA) is 61.8 Å². The highest BCUT2D eigenvalue weighted by molar-refractivity contribution is 5.69. The van der Waals surface area contributed by atoms with E-state index in [9.17, 15) is 9.59 Å². The molecule has 5 heteroatoms. The second kappa shape index (κ2) is 57.2. The molecule has 0 N–H and O–H groups in total. The van der Waals surface area contributed by atoms with Crippen molar-refractivity contribution in [1.82, 2.24) is 0 Å². The van der Waals surface area contributed by atoms with Crippen molar-refractivity contribution in [3.63, 3.8) is 0 Å². The Hall–Kier alpha value is -2.14. The summed E-state index contributed by atoms with van der Waals surface area (Å²) in [5.74, 6) is -0.384. The van der Waals surface area contributed by atoms with Gasteiger partial charge >= 0.3 is 11.9 Å². The molecule has 1 atom stereocenters. The average molecular weight is 926 g/mol. The fraction of sp³-hybridized carbons (Fsp3) is 0.836. The van der Waals surface area contributed by atoms with Gasteiger partial charge in [-0.05, 0) is 77.0 Å². The number of rotatable bonds is 54. The summed E-state index contributed by atoms with van der Waals surface area (Å²) < 4.78 is 17.5. The maximum Gasteiger partial charge on any atom is 0.305 e. The minimum Gasteiger partial charge on any atom is -0.463 e. The Labute approximate surface area is 412 Å². The maximum atomic E-state index is 12.7. The Bertz CT molecular complexity index is 1090. The normalized spacial score (nSPS) is 12.5. The largest absolute Gasteiger partial charge is 0.463 e. The van der Waals surface area contributed by atoms with Crippen molar-refractivity contribution in [2.75, 3.05) is 19.8 Å². The average Bonchev–Trinajstić information content (AvgIpc) is 3.32. The summed E-state index contributed by atoms with van der Waals surface area (Å²) in [6, 6.07) is 0. The molecule has 0 aliphatic rings. The van der Waals surface area contributed by atoms with Gasteiger partial charge in [-0.25, -0.2) is 0 Å². The van der Waals surface area contributed by atoms with Crippen molar-refractivity contribution in [2.24, 2.45) is 0 Å². The van der Waals surface area contributed by atoms with Crippen LogP contribution in [0.15, 0.2) is 48.6 Å². The molecule has 0 aromatic heterocycles. The zero-order chi connectivity index (χ0) is 47.7. The van der Waals surface area contributed by atoms with Crippen molar-refractivity contribution < 1.29 is 23.8 Å². The molecule has 0 unspecified atom stereocenters. The predicted octanol–water partition coefficient (Wildman–Crippen LogP) is 19.9. The third-order valence-corrected chi connectivity index (χ3v) is 12.9. The number of hydrogen-bond acceptors (Lipinski definition) is 5. The fourth-order valence-electron chi connectivity index (χ4n) is 8.44. The van der Waals surface area contributed by atoms with E-state index in [0.717, 1.165) is 51.4 Å². The van der Waals surface area contributed by atoms with E-state index in [4.69, 9.17) is 14.2 Å². The van der Waals surface area contributed by atoms with Crippen LogP contribution in [0.4, 0.5) is 0 Å². The maximum absolute atomic E-state index is 12.7. The van der Waals surface area contributed by atoms with Gasteiger partial charge in [-0.15, -0.1) is 0 Å². The van der Waals surface area contributed by atoms with Crippen molar-refractivity contribution in [3.05, 3.63) is 48.6 Å². The van der Waals surface area contributed by atoms with Crippen LogP contribution in [0, 0.1) is 0 Å². The van der Waals surface area contributed by atoms with Crippen molar-refractivity contribution in [2.45, 2.75) is 309 Å². The molecule has 66 heavy (non-hydrogen) atoms. The van der Waals surface area contributed by atoms with Crippen LogP contribution >= 0.6 is 0 Å². The molecule has 0 fully saturated rings. The fourth-order valence-corrected chi connectivity index (χ4v) is 8.44. The minimum atomic E-state index is -0.420. The SMILES string of the molecule is CCCCCCCC/C=C\C/C=C\C/C=C\CCCC(=O)OC[C@H](COC(=O)CCCCCCCCC/C=C\CCCCCCCC)OCCCCCCCCCCCCCCCCCC. The van der Waals surface area contributed by atoms with Gasteiger partial charge in [-0.3, -0.25) is 9.59 Å². The lowest BCUT2D eigenvalue weighted by molar-refractivity contribution is -0.155. The van der Waals surface area contributed by atoms with Crippen LogP contribution in [-0.2, 0) is 23.8 Å². The molecule has 0 bridgehead atoms. The molecule has 0 saturated carbocycles. The molecule has 0 amide bonds. The van der Waals surface area contributed by atoms with Gasteiger partial charge in [0.25, 0.3) is 0 Å². The molecule has 5 nitrogen and oxygen atoms in total. The van der Waals surface area contributed by atoms with Crippen LogP contribution in [0.25, 0.3) is 0 Å². The van der Waals surface area contributed by atoms with Gasteiger partial charge < -0.3 is 14.2 Å². The lowest BCUT2D eigenvalue weighted by Crippen LogP contribution is -2.29. The molecule has 0 rings (SSSR count). The quantitative estimate of drug-likeness (QED) is 0.0345. The predicted molar refractivity (Wildman–Crippen MR) is 288 cm³/mol. The summed E-state index contributed by atoms with van der Waals surface area (Å²) >= 11 is 0. The van der Waals surface area contributed by atoms with Gasteiger partial charge in [0.2, 0.25) is 0 Å². The van der Waals surface area contributed by atoms with Gasteiger partial charge in [0, 0.05) is 19.4 Å². The Morgan fingerprint density at radius 3 is 0.970 bits per heavy atom. The lowest BCUT2D eigenvalue weighted by atomic mass is 10.0. The summed E-state index contributed by atoms with van der Waals surface area (Å²) in [5.41, 5.74) is 0. The molecule has 0 saturated heterocycles. The zero-order valence-corrected chi connectivity index (χ0v) is 44.5. The van der Waals surface area contributed by atoms with Crippen LogP contribution in [0.1, 0.15) is 303 Å². The van der Waals surface area contributed by atoms with E-state index in [2.05, 4.69) is 69.4 Å².